The first-order valence-corrected chi connectivity index (χ1v) is 12.4. The van der Waals surface area contributed by atoms with Gasteiger partial charge < -0.3 is 9.64 Å². The number of amides is 1. The van der Waals surface area contributed by atoms with Gasteiger partial charge in [0.1, 0.15) is 11.6 Å². The van der Waals surface area contributed by atoms with Crippen molar-refractivity contribution in [2.45, 2.75) is 12.5 Å². The minimum absolute atomic E-state index is 0.0720. The predicted molar refractivity (Wildman–Crippen MR) is 140 cm³/mol. The van der Waals surface area contributed by atoms with Gasteiger partial charge in [0.25, 0.3) is 5.91 Å². The maximum atomic E-state index is 14.2. The van der Waals surface area contributed by atoms with E-state index in [-0.39, 0.29) is 24.3 Å². The molecule has 6 nitrogen and oxygen atoms in total. The van der Waals surface area contributed by atoms with E-state index in [2.05, 4.69) is 4.90 Å². The van der Waals surface area contributed by atoms with Crippen LogP contribution in [-0.4, -0.2) is 61.4 Å². The molecule has 0 spiro atoms. The fourth-order valence-electron chi connectivity index (χ4n) is 4.80. The van der Waals surface area contributed by atoms with Crippen molar-refractivity contribution in [2.75, 3.05) is 44.7 Å². The van der Waals surface area contributed by atoms with Crippen molar-refractivity contribution < 1.29 is 13.9 Å². The van der Waals surface area contributed by atoms with E-state index in [1.807, 2.05) is 59.5 Å². The SMILES string of the molecule is COc1ccc([C@@H]2CC(c3ccccc3Cl)=NN2C(=O)CN2CCN(c3ccccc3F)CC2)cc1. The van der Waals surface area contributed by atoms with Crippen LogP contribution in [0.5, 0.6) is 5.75 Å². The number of halogens is 2. The molecule has 2 aliphatic heterocycles. The standard InChI is InChI=1S/C28H28ClFN4O2/c1-36-21-12-10-20(11-13-21)27-18-25(22-6-2-3-7-23(22)29)31-34(27)28(35)19-32-14-16-33(17-15-32)26-9-5-4-8-24(26)30/h2-13,27H,14-19H2,1H3/t27-/m0/s1. The van der Waals surface area contributed by atoms with Gasteiger partial charge in [0.15, 0.2) is 0 Å². The number of rotatable bonds is 6. The third-order valence-corrected chi connectivity index (χ3v) is 7.11. The van der Waals surface area contributed by atoms with E-state index in [9.17, 15) is 9.18 Å². The highest BCUT2D eigenvalue weighted by Crippen LogP contribution is 2.35. The molecule has 0 saturated carbocycles. The summed E-state index contributed by atoms with van der Waals surface area (Å²) in [5, 5.41) is 6.97. The highest BCUT2D eigenvalue weighted by molar-refractivity contribution is 6.34. The number of carbonyl (C=O) groups is 1. The lowest BCUT2D eigenvalue weighted by Crippen LogP contribution is -2.49. The maximum absolute atomic E-state index is 14.2. The van der Waals surface area contributed by atoms with Gasteiger partial charge in [0.05, 0.1) is 31.1 Å². The lowest BCUT2D eigenvalue weighted by Gasteiger charge is -2.36. The van der Waals surface area contributed by atoms with E-state index in [4.69, 9.17) is 21.4 Å². The Balaban J connectivity index is 1.32. The Hall–Kier alpha value is -3.42. The first-order valence-electron chi connectivity index (χ1n) is 12.0. The molecule has 1 fully saturated rings. The van der Waals surface area contributed by atoms with E-state index >= 15 is 0 Å². The Bertz CT molecular complexity index is 1260. The molecule has 1 saturated heterocycles. The van der Waals surface area contributed by atoms with Crippen LogP contribution in [0.4, 0.5) is 10.1 Å². The normalized spacial score (nSPS) is 18.3. The van der Waals surface area contributed by atoms with Crippen molar-refractivity contribution in [1.29, 1.82) is 0 Å². The van der Waals surface area contributed by atoms with E-state index < -0.39 is 0 Å². The van der Waals surface area contributed by atoms with Crippen molar-refractivity contribution in [3.05, 3.63) is 94.8 Å². The maximum Gasteiger partial charge on any atom is 0.257 e. The summed E-state index contributed by atoms with van der Waals surface area (Å²) < 4.78 is 19.5. The first-order chi connectivity index (χ1) is 17.5. The van der Waals surface area contributed by atoms with Gasteiger partial charge in [0.2, 0.25) is 0 Å². The largest absolute Gasteiger partial charge is 0.497 e. The number of hydrazone groups is 1. The van der Waals surface area contributed by atoms with E-state index in [0.29, 0.717) is 43.3 Å². The Labute approximate surface area is 215 Å². The van der Waals surface area contributed by atoms with E-state index in [0.717, 1.165) is 22.6 Å². The van der Waals surface area contributed by atoms with Gasteiger partial charge in [-0.2, -0.15) is 5.10 Å². The molecule has 0 aliphatic carbocycles. The number of piperazine rings is 1. The monoisotopic (exact) mass is 506 g/mol. The number of hydrogen-bond donors (Lipinski definition) is 0. The first kappa shape index (κ1) is 24.3. The minimum atomic E-state index is -0.227. The number of carbonyl (C=O) groups excluding carboxylic acids is 1. The molecular formula is C28H28ClFN4O2. The van der Waals surface area contributed by atoms with E-state index in [1.165, 1.54) is 6.07 Å². The second-order valence-corrected chi connectivity index (χ2v) is 9.38. The quantitative estimate of drug-likeness (QED) is 0.473. The zero-order valence-corrected chi connectivity index (χ0v) is 20.9. The summed E-state index contributed by atoms with van der Waals surface area (Å²) in [6.07, 6.45) is 0.572. The van der Waals surface area contributed by atoms with Crippen LogP contribution in [0, 0.1) is 5.82 Å². The minimum Gasteiger partial charge on any atom is -0.497 e. The van der Waals surface area contributed by atoms with Crippen LogP contribution >= 0.6 is 11.6 Å². The third kappa shape index (κ3) is 5.08. The van der Waals surface area contributed by atoms with Crippen LogP contribution < -0.4 is 9.64 Å². The summed E-state index contributed by atoms with van der Waals surface area (Å²) in [5.74, 6) is 0.467. The summed E-state index contributed by atoms with van der Waals surface area (Å²) >= 11 is 6.46. The highest BCUT2D eigenvalue weighted by atomic mass is 35.5. The summed E-state index contributed by atoms with van der Waals surface area (Å²) in [7, 11) is 1.63. The molecule has 1 amide bonds. The van der Waals surface area contributed by atoms with Crippen LogP contribution in [0.2, 0.25) is 5.02 Å². The lowest BCUT2D eigenvalue weighted by molar-refractivity contribution is -0.134. The number of methoxy groups -OCH3 is 1. The number of para-hydroxylation sites is 1. The molecule has 2 aliphatic rings. The van der Waals surface area contributed by atoms with Gasteiger partial charge in [-0.3, -0.25) is 9.69 Å². The average Bonchev–Trinajstić information content (AvgIpc) is 3.35. The number of hydrogen-bond acceptors (Lipinski definition) is 5. The van der Waals surface area contributed by atoms with Crippen molar-refractivity contribution in [3.63, 3.8) is 0 Å². The van der Waals surface area contributed by atoms with Crippen molar-refractivity contribution in [3.8, 4) is 5.75 Å². The molecule has 0 N–H and O–H groups in total. The van der Waals surface area contributed by atoms with Crippen molar-refractivity contribution in [2.24, 2.45) is 5.10 Å². The summed E-state index contributed by atoms with van der Waals surface area (Å²) in [6.45, 7) is 2.90. The molecule has 0 aromatic heterocycles. The smallest absolute Gasteiger partial charge is 0.257 e. The molecule has 3 aromatic rings. The van der Waals surface area contributed by atoms with Crippen LogP contribution in [0.3, 0.4) is 0 Å². The van der Waals surface area contributed by atoms with Gasteiger partial charge in [-0.1, -0.05) is 54.1 Å². The molecule has 8 heteroatoms. The summed E-state index contributed by atoms with van der Waals surface area (Å²) in [6, 6.07) is 21.9. The number of nitrogens with zero attached hydrogens (tertiary/aromatic N) is 4. The molecule has 36 heavy (non-hydrogen) atoms. The van der Waals surface area contributed by atoms with Gasteiger partial charge in [-0.15, -0.1) is 0 Å². The fourth-order valence-corrected chi connectivity index (χ4v) is 5.05. The second kappa shape index (κ2) is 10.7. The molecule has 1 atom stereocenters. The van der Waals surface area contributed by atoms with E-state index in [1.54, 1.807) is 24.3 Å². The molecule has 3 aromatic carbocycles. The van der Waals surface area contributed by atoms with Gasteiger partial charge in [-0.25, -0.2) is 9.40 Å². The molecule has 0 radical (unpaired) electrons. The summed E-state index contributed by atoms with van der Waals surface area (Å²) in [4.78, 5) is 17.7. The zero-order chi connectivity index (χ0) is 25.1. The molecular weight excluding hydrogens is 479 g/mol. The number of benzene rings is 3. The Morgan fingerprint density at radius 1 is 1.00 bits per heavy atom. The van der Waals surface area contributed by atoms with Crippen LogP contribution in [-0.2, 0) is 4.79 Å². The van der Waals surface area contributed by atoms with Crippen molar-refractivity contribution >= 4 is 28.9 Å². The van der Waals surface area contributed by atoms with Crippen molar-refractivity contribution in [1.82, 2.24) is 9.91 Å². The molecule has 2 heterocycles. The molecule has 5 rings (SSSR count). The molecule has 0 bridgehead atoms. The van der Waals surface area contributed by atoms with Gasteiger partial charge in [0, 0.05) is 43.2 Å². The Morgan fingerprint density at radius 2 is 1.69 bits per heavy atom. The Morgan fingerprint density at radius 3 is 2.39 bits per heavy atom. The Kier molecular flexibility index (Phi) is 7.20. The fraction of sp³-hybridized carbons (Fsp3) is 0.286. The lowest BCUT2D eigenvalue weighted by atomic mass is 9.98. The predicted octanol–water partition coefficient (Wildman–Crippen LogP) is 4.99. The van der Waals surface area contributed by atoms with Gasteiger partial charge in [-0.05, 0) is 35.9 Å². The van der Waals surface area contributed by atoms with Crippen LogP contribution in [0.1, 0.15) is 23.6 Å². The molecule has 0 unspecified atom stereocenters. The van der Waals surface area contributed by atoms with Gasteiger partial charge >= 0.3 is 0 Å². The average molecular weight is 507 g/mol. The highest BCUT2D eigenvalue weighted by Gasteiger charge is 2.34. The third-order valence-electron chi connectivity index (χ3n) is 6.78. The zero-order valence-electron chi connectivity index (χ0n) is 20.1. The number of anilines is 1. The second-order valence-electron chi connectivity index (χ2n) is 8.97. The van der Waals surface area contributed by atoms with Crippen LogP contribution in [0.15, 0.2) is 77.9 Å². The number of ether oxygens (including phenoxy) is 1. The van der Waals surface area contributed by atoms with Crippen LogP contribution in [0.25, 0.3) is 0 Å². The molecule has 186 valence electrons. The summed E-state index contributed by atoms with van der Waals surface area (Å²) in [5.41, 5.74) is 3.22. The topological polar surface area (TPSA) is 48.4 Å².